The zero-order chi connectivity index (χ0) is 19.7. The topological polar surface area (TPSA) is 58.3 Å². The summed E-state index contributed by atoms with van der Waals surface area (Å²) in [4.78, 5) is 0. The van der Waals surface area contributed by atoms with Crippen molar-refractivity contribution < 1.29 is 10.2 Å². The second-order valence-electron chi connectivity index (χ2n) is 10.9. The molecule has 5 rings (SSSR count). The van der Waals surface area contributed by atoms with E-state index < -0.39 is 0 Å². The van der Waals surface area contributed by atoms with Gasteiger partial charge in [-0.15, -0.1) is 0 Å². The van der Waals surface area contributed by atoms with E-state index in [1.807, 2.05) is 24.1 Å². The average molecular weight is 385 g/mol. The Morgan fingerprint density at radius 2 is 1.86 bits per heavy atom. The Bertz CT molecular complexity index is 785. The van der Waals surface area contributed by atoms with Crippen LogP contribution in [0.5, 0.6) is 0 Å². The summed E-state index contributed by atoms with van der Waals surface area (Å²) >= 11 is 0. The molecule has 8 atom stereocenters. The van der Waals surface area contributed by atoms with Gasteiger partial charge < -0.3 is 10.2 Å². The van der Waals surface area contributed by atoms with Crippen molar-refractivity contribution in [3.63, 3.8) is 0 Å². The molecule has 0 amide bonds. The van der Waals surface area contributed by atoms with Crippen molar-refractivity contribution in [3.05, 3.63) is 23.5 Å². The summed E-state index contributed by atoms with van der Waals surface area (Å²) in [6.07, 6.45) is 14.9. The molecule has 0 unspecified atom stereocenters. The fourth-order valence-corrected chi connectivity index (χ4v) is 7.96. The van der Waals surface area contributed by atoms with Gasteiger partial charge in [-0.25, -0.2) is 0 Å². The molecule has 1 heterocycles. The lowest BCUT2D eigenvalue weighted by Gasteiger charge is -2.60. The van der Waals surface area contributed by atoms with Gasteiger partial charge in [0, 0.05) is 24.2 Å². The highest BCUT2D eigenvalue weighted by Gasteiger charge is 2.61. The quantitative estimate of drug-likeness (QED) is 0.764. The molecule has 0 spiro atoms. The lowest BCUT2D eigenvalue weighted by molar-refractivity contribution is -0.133. The molecule has 4 saturated carbocycles. The average Bonchev–Trinajstić information content (AvgIpc) is 3.18. The van der Waals surface area contributed by atoms with Gasteiger partial charge in [0.25, 0.3) is 0 Å². The molecule has 4 nitrogen and oxygen atoms in total. The van der Waals surface area contributed by atoms with Crippen LogP contribution in [0, 0.1) is 34.5 Å². The molecule has 4 fully saturated rings. The Kier molecular flexibility index (Phi) is 4.34. The van der Waals surface area contributed by atoms with Gasteiger partial charge in [-0.2, -0.15) is 5.10 Å². The van der Waals surface area contributed by atoms with Crippen LogP contribution in [0.2, 0.25) is 0 Å². The van der Waals surface area contributed by atoms with Gasteiger partial charge in [0.05, 0.1) is 18.4 Å². The highest BCUT2D eigenvalue weighted by molar-refractivity contribution is 5.54. The molecule has 154 valence electrons. The molecule has 4 aliphatic carbocycles. The van der Waals surface area contributed by atoms with Crippen LogP contribution in [0.4, 0.5) is 0 Å². The highest BCUT2D eigenvalue weighted by Crippen LogP contribution is 2.67. The number of hydrogen-bond donors (Lipinski definition) is 2. The summed E-state index contributed by atoms with van der Waals surface area (Å²) in [6, 6.07) is 0. The van der Waals surface area contributed by atoms with Crippen LogP contribution >= 0.6 is 0 Å². The minimum Gasteiger partial charge on any atom is -0.393 e. The molecule has 4 aliphatic rings. The fraction of sp³-hybridized carbons (Fsp3) is 0.792. The zero-order valence-electron chi connectivity index (χ0n) is 17.6. The fourth-order valence-electron chi connectivity index (χ4n) is 7.96. The van der Waals surface area contributed by atoms with Crippen molar-refractivity contribution in [2.24, 2.45) is 41.5 Å². The summed E-state index contributed by atoms with van der Waals surface area (Å²) in [6.45, 7) is 4.88. The Labute approximate surface area is 169 Å². The molecule has 0 aromatic carbocycles. The molecule has 0 radical (unpaired) electrons. The van der Waals surface area contributed by atoms with Gasteiger partial charge in [0.1, 0.15) is 0 Å². The minimum atomic E-state index is -0.322. The lowest BCUT2D eigenvalue weighted by atomic mass is 9.45. The highest BCUT2D eigenvalue weighted by atomic mass is 16.3. The third-order valence-electron chi connectivity index (χ3n) is 9.58. The minimum absolute atomic E-state index is 0.0204. The third-order valence-corrected chi connectivity index (χ3v) is 9.58. The van der Waals surface area contributed by atoms with Gasteiger partial charge in [0.2, 0.25) is 0 Å². The van der Waals surface area contributed by atoms with Crippen molar-refractivity contribution in [2.75, 3.05) is 0 Å². The Morgan fingerprint density at radius 3 is 2.61 bits per heavy atom. The summed E-state index contributed by atoms with van der Waals surface area (Å²) in [5, 5.41) is 25.8. The smallest absolute Gasteiger partial charge is 0.0809 e. The molecule has 4 heteroatoms. The van der Waals surface area contributed by atoms with E-state index in [-0.39, 0.29) is 17.6 Å². The summed E-state index contributed by atoms with van der Waals surface area (Å²) in [7, 11) is 1.94. The van der Waals surface area contributed by atoms with E-state index in [1.165, 1.54) is 31.3 Å². The Hall–Kier alpha value is -1.13. The van der Waals surface area contributed by atoms with Gasteiger partial charge in [-0.1, -0.05) is 19.9 Å². The number of aromatic nitrogens is 2. The first kappa shape index (κ1) is 18.9. The molecule has 0 aliphatic heterocycles. The maximum atomic E-state index is 11.3. The summed E-state index contributed by atoms with van der Waals surface area (Å²) in [5.74, 6) is 2.78. The first-order valence-electron chi connectivity index (χ1n) is 11.4. The predicted octanol–water partition coefficient (Wildman–Crippen LogP) is 4.18. The molecule has 0 bridgehead atoms. The van der Waals surface area contributed by atoms with E-state index in [4.69, 9.17) is 0 Å². The molecule has 1 aromatic rings. The normalized spacial score (nSPS) is 49.5. The number of aliphatic hydroxyl groups excluding tert-OH is 2. The second-order valence-corrected chi connectivity index (χ2v) is 10.9. The van der Waals surface area contributed by atoms with Crippen LogP contribution in [0.25, 0.3) is 6.08 Å². The largest absolute Gasteiger partial charge is 0.393 e. The maximum absolute atomic E-state index is 11.3. The van der Waals surface area contributed by atoms with Gasteiger partial charge in [-0.3, -0.25) is 4.68 Å². The monoisotopic (exact) mass is 384 g/mol. The number of hydrogen-bond acceptors (Lipinski definition) is 3. The number of aliphatic hydroxyl groups is 2. The van der Waals surface area contributed by atoms with Crippen LogP contribution in [-0.2, 0) is 7.05 Å². The first-order valence-corrected chi connectivity index (χ1v) is 11.4. The van der Waals surface area contributed by atoms with E-state index in [1.54, 1.807) is 0 Å². The number of aryl methyl sites for hydroxylation is 1. The van der Waals surface area contributed by atoms with E-state index in [0.717, 1.165) is 43.1 Å². The van der Waals surface area contributed by atoms with E-state index in [2.05, 4.69) is 25.0 Å². The zero-order valence-corrected chi connectivity index (χ0v) is 17.6. The predicted molar refractivity (Wildman–Crippen MR) is 110 cm³/mol. The molecular formula is C24H36N2O2. The van der Waals surface area contributed by atoms with Crippen LogP contribution < -0.4 is 0 Å². The maximum Gasteiger partial charge on any atom is 0.0809 e. The second kappa shape index (κ2) is 6.43. The first-order chi connectivity index (χ1) is 13.3. The number of nitrogens with zero attached hydrogens (tertiary/aromatic N) is 2. The Balaban J connectivity index is 1.44. The van der Waals surface area contributed by atoms with Crippen molar-refractivity contribution in [2.45, 2.75) is 77.4 Å². The van der Waals surface area contributed by atoms with Crippen LogP contribution in [-0.4, -0.2) is 32.2 Å². The van der Waals surface area contributed by atoms with Crippen molar-refractivity contribution >= 4 is 6.08 Å². The number of rotatable bonds is 1. The molecule has 1 aromatic heterocycles. The molecular weight excluding hydrogens is 348 g/mol. The number of fused-ring (bicyclic) bond motifs is 5. The van der Waals surface area contributed by atoms with E-state index >= 15 is 0 Å². The van der Waals surface area contributed by atoms with Gasteiger partial charge in [-0.05, 0) is 86.0 Å². The molecule has 0 saturated heterocycles. The van der Waals surface area contributed by atoms with Gasteiger partial charge >= 0.3 is 0 Å². The van der Waals surface area contributed by atoms with Crippen LogP contribution in [0.3, 0.4) is 0 Å². The van der Waals surface area contributed by atoms with Gasteiger partial charge in [0.15, 0.2) is 0 Å². The molecule has 2 N–H and O–H groups in total. The third kappa shape index (κ3) is 2.67. The lowest BCUT2D eigenvalue weighted by Crippen LogP contribution is -2.54. The van der Waals surface area contributed by atoms with Crippen LogP contribution in [0.15, 0.2) is 18.0 Å². The molecule has 28 heavy (non-hydrogen) atoms. The summed E-state index contributed by atoms with van der Waals surface area (Å²) in [5.41, 5.74) is 2.73. The standard InChI is InChI=1S/C24H36N2O2/c1-23-8-6-18(27)12-17(23)4-5-19-20(23)7-9-24(2)21(19)11-16(22(24)28)10-15-13-25-26(3)14-15/h10,13-14,17-22,27-28H,4-9,11-12H2,1-3H3/b16-10-/t17-,18-,19-,20+,21+,22-,23+,24+/m1/s1. The van der Waals surface area contributed by atoms with E-state index in [9.17, 15) is 10.2 Å². The van der Waals surface area contributed by atoms with Crippen LogP contribution in [0.1, 0.15) is 70.8 Å². The Morgan fingerprint density at radius 1 is 1.07 bits per heavy atom. The summed E-state index contributed by atoms with van der Waals surface area (Å²) < 4.78 is 1.83. The van der Waals surface area contributed by atoms with E-state index in [0.29, 0.717) is 17.3 Å². The van der Waals surface area contributed by atoms with Crippen molar-refractivity contribution in [1.82, 2.24) is 9.78 Å². The van der Waals surface area contributed by atoms with Crippen molar-refractivity contribution in [3.8, 4) is 0 Å². The SMILES string of the molecule is Cn1cc(/C=C2/C[C@H]3[C@@H]4CC[C@@H]5C[C@H](O)CC[C@]5(C)[C@H]4CC[C@]3(C)[C@@H]2O)cn1. The van der Waals surface area contributed by atoms with Crippen molar-refractivity contribution in [1.29, 1.82) is 0 Å².